The molecule has 0 saturated carbocycles. The van der Waals surface area contributed by atoms with Gasteiger partial charge in [0, 0.05) is 11.0 Å². The summed E-state index contributed by atoms with van der Waals surface area (Å²) in [5, 5.41) is 5.04. The van der Waals surface area contributed by atoms with Crippen LogP contribution in [0, 0.1) is 0 Å². The van der Waals surface area contributed by atoms with E-state index in [1.165, 1.54) is 12.1 Å². The Labute approximate surface area is 122 Å². The number of primary sulfonamides is 1. The Bertz CT molecular complexity index is 671. The van der Waals surface area contributed by atoms with Crippen LogP contribution in [0.2, 0.25) is 0 Å². The molecule has 0 fully saturated rings. The minimum Gasteiger partial charge on any atom is -0.225 e. The molecule has 0 saturated heterocycles. The average molecular weight is 422 g/mol. The second kappa shape index (κ2) is 5.55. The van der Waals surface area contributed by atoms with Gasteiger partial charge in [-0.15, -0.1) is 0 Å². The molecule has 102 valence electrons. The maximum Gasteiger partial charge on any atom is 0.241 e. The highest BCUT2D eigenvalue weighted by Crippen LogP contribution is 2.34. The van der Waals surface area contributed by atoms with E-state index in [1.54, 1.807) is 6.92 Å². The lowest BCUT2D eigenvalue weighted by Crippen LogP contribution is -2.24. The second-order valence-electron chi connectivity index (χ2n) is 3.23. The van der Waals surface area contributed by atoms with Gasteiger partial charge < -0.3 is 0 Å². The highest BCUT2D eigenvalue weighted by atomic mass is 79.9. The van der Waals surface area contributed by atoms with Crippen molar-refractivity contribution in [3.63, 3.8) is 0 Å². The highest BCUT2D eigenvalue weighted by Gasteiger charge is 2.25. The number of benzene rings is 1. The van der Waals surface area contributed by atoms with Crippen LogP contribution in [0.3, 0.4) is 0 Å². The van der Waals surface area contributed by atoms with Gasteiger partial charge in [-0.05, 0) is 44.0 Å². The van der Waals surface area contributed by atoms with E-state index >= 15 is 0 Å². The van der Waals surface area contributed by atoms with E-state index in [1.807, 2.05) is 0 Å². The maximum atomic E-state index is 11.9. The summed E-state index contributed by atoms with van der Waals surface area (Å²) in [5.74, 6) is 0. The normalized spacial score (nSPS) is 12.7. The van der Waals surface area contributed by atoms with Gasteiger partial charge in [-0.1, -0.05) is 6.92 Å². The van der Waals surface area contributed by atoms with Gasteiger partial charge in [0.05, 0.1) is 9.37 Å². The molecule has 0 amide bonds. The Hall–Kier alpha value is -0.000000000000000222. The zero-order chi connectivity index (χ0) is 14.1. The van der Waals surface area contributed by atoms with Crippen LogP contribution in [0.4, 0.5) is 0 Å². The number of nitrogens with two attached hydrogens (primary N) is 1. The molecular formula is C8H10Br2N2O4S2. The molecule has 0 aliphatic rings. The minimum absolute atomic E-state index is 0.0969. The molecular weight excluding hydrogens is 412 g/mol. The van der Waals surface area contributed by atoms with Gasteiger partial charge in [0.1, 0.15) is 4.90 Å². The van der Waals surface area contributed by atoms with Crippen molar-refractivity contribution in [2.24, 2.45) is 5.14 Å². The molecule has 10 heteroatoms. The summed E-state index contributed by atoms with van der Waals surface area (Å²) in [6, 6.07) is 2.59. The number of sulfonamides is 2. The van der Waals surface area contributed by atoms with Crippen molar-refractivity contribution in [1.82, 2.24) is 4.72 Å². The zero-order valence-electron chi connectivity index (χ0n) is 9.14. The first-order valence-corrected chi connectivity index (χ1v) is 9.23. The van der Waals surface area contributed by atoms with Crippen molar-refractivity contribution in [3.05, 3.63) is 21.1 Å². The molecule has 0 aliphatic carbocycles. The molecule has 1 aromatic carbocycles. The third-order valence-electron chi connectivity index (χ3n) is 1.92. The summed E-state index contributed by atoms with van der Waals surface area (Å²) in [7, 11) is -7.83. The summed E-state index contributed by atoms with van der Waals surface area (Å²) in [6.45, 7) is 1.81. The molecule has 0 aromatic heterocycles. The lowest BCUT2D eigenvalue weighted by molar-refractivity contribution is 0.582. The van der Waals surface area contributed by atoms with E-state index in [4.69, 9.17) is 5.14 Å². The van der Waals surface area contributed by atoms with E-state index in [9.17, 15) is 16.8 Å². The molecule has 1 rings (SSSR count). The molecule has 0 aliphatic heterocycles. The standard InChI is InChI=1S/C8H10Br2N2O4S2/c1-2-12-18(15,16)6-4-3-5(9)8(7(6)10)17(11,13)14/h3-4,12H,2H2,1H3,(H2,11,13,14). The molecule has 0 heterocycles. The molecule has 0 spiro atoms. The van der Waals surface area contributed by atoms with Gasteiger partial charge >= 0.3 is 0 Å². The van der Waals surface area contributed by atoms with Gasteiger partial charge in [0.2, 0.25) is 20.0 Å². The summed E-state index contributed by atoms with van der Waals surface area (Å²) in [6.07, 6.45) is 0. The van der Waals surface area contributed by atoms with Gasteiger partial charge in [-0.2, -0.15) is 0 Å². The maximum absolute atomic E-state index is 11.9. The van der Waals surface area contributed by atoms with Gasteiger partial charge in [0.15, 0.2) is 0 Å². The van der Waals surface area contributed by atoms with Gasteiger partial charge in [-0.25, -0.2) is 26.7 Å². The van der Waals surface area contributed by atoms with Crippen LogP contribution in [-0.4, -0.2) is 23.4 Å². The Balaban J connectivity index is 3.64. The third-order valence-corrected chi connectivity index (χ3v) is 6.77. The van der Waals surface area contributed by atoms with Crippen molar-refractivity contribution in [1.29, 1.82) is 0 Å². The molecule has 0 bridgehead atoms. The Morgan fingerprint density at radius 1 is 1.22 bits per heavy atom. The number of halogens is 2. The number of hydrogen-bond acceptors (Lipinski definition) is 4. The highest BCUT2D eigenvalue weighted by molar-refractivity contribution is 9.11. The summed E-state index contributed by atoms with van der Waals surface area (Å²) >= 11 is 5.98. The first-order valence-electron chi connectivity index (χ1n) is 4.61. The van der Waals surface area contributed by atoms with Crippen molar-refractivity contribution in [2.75, 3.05) is 6.54 Å². The van der Waals surface area contributed by atoms with E-state index in [0.717, 1.165) is 0 Å². The Morgan fingerprint density at radius 2 is 1.78 bits per heavy atom. The van der Waals surface area contributed by atoms with E-state index in [2.05, 4.69) is 36.6 Å². The molecule has 0 unspecified atom stereocenters. The lowest BCUT2D eigenvalue weighted by Gasteiger charge is -2.11. The molecule has 3 N–H and O–H groups in total. The average Bonchev–Trinajstić information content (AvgIpc) is 2.14. The fraction of sp³-hybridized carbons (Fsp3) is 0.250. The van der Waals surface area contributed by atoms with Crippen molar-refractivity contribution in [2.45, 2.75) is 16.7 Å². The van der Waals surface area contributed by atoms with E-state index in [-0.39, 0.29) is 25.3 Å². The largest absolute Gasteiger partial charge is 0.241 e. The SMILES string of the molecule is CCNS(=O)(=O)c1ccc(Br)c(S(N)(=O)=O)c1Br. The number of hydrogen-bond donors (Lipinski definition) is 2. The Morgan fingerprint density at radius 3 is 2.22 bits per heavy atom. The first-order chi connectivity index (χ1) is 8.11. The van der Waals surface area contributed by atoms with Gasteiger partial charge in [0.25, 0.3) is 0 Å². The number of nitrogens with one attached hydrogen (secondary N) is 1. The fourth-order valence-electron chi connectivity index (χ4n) is 1.25. The molecule has 6 nitrogen and oxygen atoms in total. The van der Waals surface area contributed by atoms with Crippen LogP contribution in [0.25, 0.3) is 0 Å². The summed E-state index contributed by atoms with van der Waals surface area (Å²) in [4.78, 5) is -0.488. The first kappa shape index (κ1) is 16.1. The second-order valence-corrected chi connectivity index (χ2v) is 8.12. The van der Waals surface area contributed by atoms with Crippen molar-refractivity contribution < 1.29 is 16.8 Å². The smallest absolute Gasteiger partial charge is 0.225 e. The Kier molecular flexibility index (Phi) is 4.95. The summed E-state index contributed by atoms with van der Waals surface area (Å²) < 4.78 is 48.9. The van der Waals surface area contributed by atoms with Crippen LogP contribution in [-0.2, 0) is 20.0 Å². The molecule has 0 radical (unpaired) electrons. The minimum atomic E-state index is -4.05. The predicted molar refractivity (Wildman–Crippen MR) is 74.1 cm³/mol. The lowest BCUT2D eigenvalue weighted by atomic mass is 10.4. The number of rotatable bonds is 4. The van der Waals surface area contributed by atoms with Crippen LogP contribution < -0.4 is 9.86 Å². The molecule has 0 atom stereocenters. The van der Waals surface area contributed by atoms with Crippen LogP contribution in [0.15, 0.2) is 30.9 Å². The zero-order valence-corrected chi connectivity index (χ0v) is 13.9. The summed E-state index contributed by atoms with van der Waals surface area (Å²) in [5.41, 5.74) is 0. The van der Waals surface area contributed by atoms with Crippen molar-refractivity contribution >= 4 is 51.9 Å². The topological polar surface area (TPSA) is 106 Å². The monoisotopic (exact) mass is 420 g/mol. The van der Waals surface area contributed by atoms with Crippen molar-refractivity contribution in [3.8, 4) is 0 Å². The predicted octanol–water partition coefficient (Wildman–Crippen LogP) is 1.16. The van der Waals surface area contributed by atoms with Crippen LogP contribution in [0.1, 0.15) is 6.92 Å². The van der Waals surface area contributed by atoms with Gasteiger partial charge in [-0.3, -0.25) is 0 Å². The van der Waals surface area contributed by atoms with Crippen LogP contribution >= 0.6 is 31.9 Å². The fourth-order valence-corrected chi connectivity index (χ4v) is 6.07. The van der Waals surface area contributed by atoms with E-state index < -0.39 is 20.0 Å². The molecule has 1 aromatic rings. The quantitative estimate of drug-likeness (QED) is 0.760. The van der Waals surface area contributed by atoms with Crippen LogP contribution in [0.5, 0.6) is 0 Å². The van der Waals surface area contributed by atoms with E-state index in [0.29, 0.717) is 0 Å². The third kappa shape index (κ3) is 3.31. The molecule has 18 heavy (non-hydrogen) atoms.